The molecular formula is C27H20FN5O4. The third-order valence-corrected chi connectivity index (χ3v) is 5.55. The van der Waals surface area contributed by atoms with E-state index in [9.17, 15) is 14.0 Å². The minimum absolute atomic E-state index is 0.0817. The number of carbonyl (C=O) groups is 1. The highest BCUT2D eigenvalue weighted by molar-refractivity contribution is 6.04. The number of hydrogen-bond donors (Lipinski definition) is 1. The summed E-state index contributed by atoms with van der Waals surface area (Å²) >= 11 is 0. The monoisotopic (exact) mass is 497 g/mol. The molecule has 0 bridgehead atoms. The summed E-state index contributed by atoms with van der Waals surface area (Å²) in [5.74, 6) is 0.725. The summed E-state index contributed by atoms with van der Waals surface area (Å²) < 4.78 is 25.7. The van der Waals surface area contributed by atoms with Crippen molar-refractivity contribution in [3.05, 3.63) is 107 Å². The van der Waals surface area contributed by atoms with Gasteiger partial charge < -0.3 is 14.8 Å². The van der Waals surface area contributed by atoms with Gasteiger partial charge >= 0.3 is 0 Å². The quantitative estimate of drug-likeness (QED) is 0.363. The number of carbonyl (C=O) groups excluding carboxylic acids is 1. The highest BCUT2D eigenvalue weighted by atomic mass is 19.1. The van der Waals surface area contributed by atoms with Crippen LogP contribution < -0.4 is 20.3 Å². The van der Waals surface area contributed by atoms with Crippen LogP contribution in [0.5, 0.6) is 17.2 Å². The number of aromatic nitrogens is 4. The van der Waals surface area contributed by atoms with Gasteiger partial charge in [0.1, 0.15) is 34.2 Å². The number of amides is 1. The van der Waals surface area contributed by atoms with Crippen molar-refractivity contribution in [2.75, 3.05) is 12.4 Å². The molecule has 4 heterocycles. The Morgan fingerprint density at radius 3 is 2.49 bits per heavy atom. The summed E-state index contributed by atoms with van der Waals surface area (Å²) in [4.78, 5) is 38.5. The molecule has 0 radical (unpaired) electrons. The lowest BCUT2D eigenvalue weighted by Crippen LogP contribution is -2.29. The molecule has 0 unspecified atom stereocenters. The predicted octanol–water partition coefficient (Wildman–Crippen LogP) is 4.68. The van der Waals surface area contributed by atoms with E-state index in [2.05, 4.69) is 20.3 Å². The van der Waals surface area contributed by atoms with Gasteiger partial charge in [0.15, 0.2) is 5.75 Å². The second-order valence-electron chi connectivity index (χ2n) is 8.00. The third kappa shape index (κ3) is 4.85. The number of rotatable bonds is 6. The lowest BCUT2D eigenvalue weighted by atomic mass is 10.2. The first kappa shape index (κ1) is 23.6. The second-order valence-corrected chi connectivity index (χ2v) is 8.00. The number of aryl methyl sites for hydroxylation is 1. The molecule has 5 rings (SSSR count). The second kappa shape index (κ2) is 9.86. The first-order valence-electron chi connectivity index (χ1n) is 11.2. The minimum Gasteiger partial charge on any atom is -0.495 e. The normalized spacial score (nSPS) is 10.8. The largest absolute Gasteiger partial charge is 0.495 e. The van der Waals surface area contributed by atoms with Gasteiger partial charge in [-0.2, -0.15) is 0 Å². The van der Waals surface area contributed by atoms with Crippen molar-refractivity contribution < 1.29 is 18.7 Å². The van der Waals surface area contributed by atoms with Gasteiger partial charge in [-0.15, -0.1) is 0 Å². The van der Waals surface area contributed by atoms with Gasteiger partial charge in [-0.05, 0) is 55.5 Å². The third-order valence-electron chi connectivity index (χ3n) is 5.55. The Kier molecular flexibility index (Phi) is 6.29. The molecule has 1 aromatic carbocycles. The fourth-order valence-corrected chi connectivity index (χ4v) is 3.70. The molecule has 1 amide bonds. The highest BCUT2D eigenvalue weighted by Gasteiger charge is 2.16. The Bertz CT molecular complexity index is 1670. The van der Waals surface area contributed by atoms with Crippen molar-refractivity contribution in [3.63, 3.8) is 0 Å². The summed E-state index contributed by atoms with van der Waals surface area (Å²) in [5.41, 5.74) is 1.57. The van der Waals surface area contributed by atoms with Crippen LogP contribution in [0.1, 0.15) is 16.1 Å². The van der Waals surface area contributed by atoms with E-state index in [0.717, 1.165) is 6.20 Å². The number of ether oxygens (including phenoxy) is 2. The molecule has 0 atom stereocenters. The van der Waals surface area contributed by atoms with Gasteiger partial charge in [0.05, 0.1) is 25.0 Å². The number of benzene rings is 1. The molecular weight excluding hydrogens is 477 g/mol. The first-order valence-corrected chi connectivity index (χ1v) is 11.2. The average molecular weight is 497 g/mol. The van der Waals surface area contributed by atoms with E-state index in [-0.39, 0.29) is 11.4 Å². The van der Waals surface area contributed by atoms with E-state index in [1.807, 2.05) is 0 Å². The fraction of sp³-hybridized carbons (Fsp3) is 0.0741. The predicted molar refractivity (Wildman–Crippen MR) is 135 cm³/mol. The molecule has 0 saturated carbocycles. The van der Waals surface area contributed by atoms with E-state index < -0.39 is 17.3 Å². The first-order chi connectivity index (χ1) is 17.9. The van der Waals surface area contributed by atoms with E-state index in [1.165, 1.54) is 22.8 Å². The lowest BCUT2D eigenvalue weighted by Gasteiger charge is -2.12. The summed E-state index contributed by atoms with van der Waals surface area (Å²) in [5, 5.41) is 2.72. The Morgan fingerprint density at radius 2 is 1.76 bits per heavy atom. The zero-order chi connectivity index (χ0) is 25.9. The van der Waals surface area contributed by atoms with E-state index in [1.54, 1.807) is 68.9 Å². The SMILES string of the molecule is COc1cnc2c(Oc3ccc(NC(=O)c4ccc(C)n(-c5ccc(F)cn5)c4=O)cc3)ccnc2c1. The zero-order valence-corrected chi connectivity index (χ0v) is 19.8. The van der Waals surface area contributed by atoms with Crippen molar-refractivity contribution >= 4 is 22.6 Å². The molecule has 0 saturated heterocycles. The maximum absolute atomic E-state index is 13.3. The van der Waals surface area contributed by atoms with Crippen molar-refractivity contribution in [2.45, 2.75) is 6.92 Å². The van der Waals surface area contributed by atoms with Crippen molar-refractivity contribution in [2.24, 2.45) is 0 Å². The molecule has 184 valence electrons. The highest BCUT2D eigenvalue weighted by Crippen LogP contribution is 2.29. The maximum Gasteiger partial charge on any atom is 0.269 e. The smallest absolute Gasteiger partial charge is 0.269 e. The standard InChI is InChI=1S/C27H20FN5O4/c1-16-3-9-21(27(35)33(16)24-10-4-17(28)14-30-24)26(34)32-18-5-7-19(8-6-18)37-23-11-12-29-22-13-20(36-2)15-31-25(22)23/h3-15H,1-2H3,(H,32,34). The van der Waals surface area contributed by atoms with Crippen molar-refractivity contribution in [1.29, 1.82) is 0 Å². The molecule has 5 aromatic rings. The Morgan fingerprint density at radius 1 is 0.946 bits per heavy atom. The zero-order valence-electron chi connectivity index (χ0n) is 19.8. The van der Waals surface area contributed by atoms with Crippen LogP contribution in [0.25, 0.3) is 16.9 Å². The number of halogens is 1. The van der Waals surface area contributed by atoms with Gasteiger partial charge in [0, 0.05) is 29.7 Å². The summed E-state index contributed by atoms with van der Waals surface area (Å²) in [6, 6.07) is 15.8. The number of nitrogens with one attached hydrogen (secondary N) is 1. The van der Waals surface area contributed by atoms with Crippen LogP contribution in [0.15, 0.2) is 84.0 Å². The Labute approximate surface area is 210 Å². The Hall–Kier alpha value is -5.12. The number of methoxy groups -OCH3 is 1. The maximum atomic E-state index is 13.3. The number of pyridine rings is 4. The van der Waals surface area contributed by atoms with Crippen LogP contribution in [0.3, 0.4) is 0 Å². The molecule has 10 heteroatoms. The minimum atomic E-state index is -0.590. The van der Waals surface area contributed by atoms with Gasteiger partial charge in [-0.1, -0.05) is 0 Å². The molecule has 4 aromatic heterocycles. The summed E-state index contributed by atoms with van der Waals surface area (Å²) in [7, 11) is 1.56. The number of anilines is 1. The number of hydrogen-bond acceptors (Lipinski definition) is 7. The topological polar surface area (TPSA) is 108 Å². The summed E-state index contributed by atoms with van der Waals surface area (Å²) in [6.07, 6.45) is 4.21. The molecule has 9 nitrogen and oxygen atoms in total. The van der Waals surface area contributed by atoms with Crippen LogP contribution in [-0.4, -0.2) is 32.5 Å². The molecule has 37 heavy (non-hydrogen) atoms. The van der Waals surface area contributed by atoms with Crippen LogP contribution in [0.4, 0.5) is 10.1 Å². The molecule has 1 N–H and O–H groups in total. The number of nitrogens with zero attached hydrogens (tertiary/aromatic N) is 4. The molecule has 0 aliphatic carbocycles. The molecule has 0 spiro atoms. The fourth-order valence-electron chi connectivity index (χ4n) is 3.70. The molecule has 0 aliphatic rings. The Balaban J connectivity index is 1.35. The van der Waals surface area contributed by atoms with Crippen LogP contribution >= 0.6 is 0 Å². The van der Waals surface area contributed by atoms with Crippen molar-refractivity contribution in [3.8, 4) is 23.1 Å². The van der Waals surface area contributed by atoms with Crippen LogP contribution in [-0.2, 0) is 0 Å². The average Bonchev–Trinajstić information content (AvgIpc) is 2.90. The van der Waals surface area contributed by atoms with Gasteiger partial charge in [-0.3, -0.25) is 19.1 Å². The molecule has 0 fully saturated rings. The van der Waals surface area contributed by atoms with Crippen molar-refractivity contribution in [1.82, 2.24) is 19.5 Å². The van der Waals surface area contributed by atoms with Gasteiger partial charge in [-0.25, -0.2) is 14.4 Å². The van der Waals surface area contributed by atoms with E-state index in [0.29, 0.717) is 39.7 Å². The van der Waals surface area contributed by atoms with Crippen LogP contribution in [0, 0.1) is 12.7 Å². The van der Waals surface area contributed by atoms with Crippen LogP contribution in [0.2, 0.25) is 0 Å². The van der Waals surface area contributed by atoms with E-state index in [4.69, 9.17) is 9.47 Å². The number of fused-ring (bicyclic) bond motifs is 1. The van der Waals surface area contributed by atoms with Gasteiger partial charge in [0.2, 0.25) is 0 Å². The van der Waals surface area contributed by atoms with E-state index >= 15 is 0 Å². The summed E-state index contributed by atoms with van der Waals surface area (Å²) in [6.45, 7) is 1.70. The lowest BCUT2D eigenvalue weighted by molar-refractivity contribution is 0.102. The van der Waals surface area contributed by atoms with Gasteiger partial charge in [0.25, 0.3) is 11.5 Å². The molecule has 0 aliphatic heterocycles.